The molecular weight excluding hydrogens is 422 g/mol. The second-order valence-corrected chi connectivity index (χ2v) is 8.99. The lowest BCUT2D eigenvalue weighted by atomic mass is 9.92. The normalized spacial score (nSPS) is 18.4. The number of urea groups is 1. The fourth-order valence-corrected chi connectivity index (χ4v) is 3.52. The largest absolute Gasteiger partial charge is 0.325 e. The van der Waals surface area contributed by atoms with Crippen LogP contribution in [-0.2, 0) is 20.5 Å². The Morgan fingerprint density at radius 1 is 1.09 bits per heavy atom. The second-order valence-electron chi connectivity index (χ2n) is 8.99. The Balaban J connectivity index is 1.57. The molecule has 2 aromatic heterocycles. The summed E-state index contributed by atoms with van der Waals surface area (Å²) in [7, 11) is 0. The standard InChI is InChI=1S/C23H25N7O3/c1-22(2,3)16-13-17(30(28-16)20-24-11-8-12-25-20)26-18(31)14-29-19(32)23(4,27-21(29)33)15-9-6-5-7-10-15/h5-13H,14H2,1-4H3,(H,26,31)(H,27,33). The molecule has 1 unspecified atom stereocenters. The van der Waals surface area contributed by atoms with Gasteiger partial charge in [0, 0.05) is 23.9 Å². The highest BCUT2D eigenvalue weighted by Crippen LogP contribution is 2.29. The number of carbonyl (C=O) groups excluding carboxylic acids is 3. The highest BCUT2D eigenvalue weighted by Gasteiger charge is 2.49. The highest BCUT2D eigenvalue weighted by molar-refractivity contribution is 6.10. The van der Waals surface area contributed by atoms with E-state index in [0.717, 1.165) is 10.6 Å². The fourth-order valence-electron chi connectivity index (χ4n) is 3.52. The first-order valence-corrected chi connectivity index (χ1v) is 10.5. The topological polar surface area (TPSA) is 122 Å². The molecule has 1 saturated heterocycles. The van der Waals surface area contributed by atoms with Gasteiger partial charge in [0.05, 0.1) is 5.69 Å². The number of nitrogens with one attached hydrogen (secondary N) is 2. The lowest BCUT2D eigenvalue weighted by Crippen LogP contribution is -2.42. The van der Waals surface area contributed by atoms with Gasteiger partial charge in [0.25, 0.3) is 11.9 Å². The van der Waals surface area contributed by atoms with Crippen LogP contribution in [0.1, 0.15) is 39.0 Å². The predicted octanol–water partition coefficient (Wildman–Crippen LogP) is 2.37. The number of amides is 4. The Bertz CT molecular complexity index is 1200. The van der Waals surface area contributed by atoms with Crippen LogP contribution >= 0.6 is 0 Å². The quantitative estimate of drug-likeness (QED) is 0.579. The number of nitrogens with zero attached hydrogens (tertiary/aromatic N) is 5. The first-order chi connectivity index (χ1) is 15.6. The zero-order valence-corrected chi connectivity index (χ0v) is 18.9. The Hall–Kier alpha value is -4.08. The molecule has 1 aliphatic rings. The Morgan fingerprint density at radius 2 is 1.76 bits per heavy atom. The van der Waals surface area contributed by atoms with Crippen molar-refractivity contribution < 1.29 is 14.4 Å². The molecule has 0 spiro atoms. The van der Waals surface area contributed by atoms with Crippen LogP contribution in [0.15, 0.2) is 54.9 Å². The van der Waals surface area contributed by atoms with E-state index in [4.69, 9.17) is 0 Å². The molecule has 3 aromatic rings. The van der Waals surface area contributed by atoms with Gasteiger partial charge < -0.3 is 10.6 Å². The summed E-state index contributed by atoms with van der Waals surface area (Å²) >= 11 is 0. The van der Waals surface area contributed by atoms with Gasteiger partial charge in [-0.3, -0.25) is 14.5 Å². The molecule has 1 atom stereocenters. The third-order valence-electron chi connectivity index (χ3n) is 5.41. The minimum Gasteiger partial charge on any atom is -0.319 e. The molecule has 33 heavy (non-hydrogen) atoms. The van der Waals surface area contributed by atoms with Gasteiger partial charge in [0.2, 0.25) is 5.91 Å². The number of imide groups is 1. The average molecular weight is 447 g/mol. The van der Waals surface area contributed by atoms with Gasteiger partial charge in [-0.2, -0.15) is 9.78 Å². The Kier molecular flexibility index (Phi) is 5.44. The molecular formula is C23H25N7O3. The Labute approximate surface area is 191 Å². The van der Waals surface area contributed by atoms with Crippen LogP contribution in [0.5, 0.6) is 0 Å². The molecule has 170 valence electrons. The molecule has 1 aliphatic heterocycles. The maximum Gasteiger partial charge on any atom is 0.325 e. The van der Waals surface area contributed by atoms with E-state index in [0.29, 0.717) is 11.4 Å². The van der Waals surface area contributed by atoms with Crippen molar-refractivity contribution in [3.8, 4) is 5.95 Å². The number of benzene rings is 1. The van der Waals surface area contributed by atoms with Crippen molar-refractivity contribution in [1.82, 2.24) is 30.0 Å². The molecule has 2 N–H and O–H groups in total. The lowest BCUT2D eigenvalue weighted by molar-refractivity contribution is -0.133. The third kappa shape index (κ3) is 4.19. The van der Waals surface area contributed by atoms with Crippen LogP contribution in [-0.4, -0.2) is 49.0 Å². The molecule has 4 amide bonds. The zero-order chi connectivity index (χ0) is 23.8. The molecule has 0 saturated carbocycles. The molecule has 10 nitrogen and oxygen atoms in total. The van der Waals surface area contributed by atoms with E-state index >= 15 is 0 Å². The number of aromatic nitrogens is 4. The summed E-state index contributed by atoms with van der Waals surface area (Å²) in [5, 5.41) is 9.99. The van der Waals surface area contributed by atoms with Gasteiger partial charge in [-0.1, -0.05) is 51.1 Å². The van der Waals surface area contributed by atoms with E-state index in [1.807, 2.05) is 26.8 Å². The van der Waals surface area contributed by atoms with E-state index in [-0.39, 0.29) is 11.4 Å². The summed E-state index contributed by atoms with van der Waals surface area (Å²) < 4.78 is 1.43. The lowest BCUT2D eigenvalue weighted by Gasteiger charge is -2.22. The van der Waals surface area contributed by atoms with E-state index in [2.05, 4.69) is 25.7 Å². The molecule has 10 heteroatoms. The highest BCUT2D eigenvalue weighted by atomic mass is 16.2. The van der Waals surface area contributed by atoms with Crippen LogP contribution in [0, 0.1) is 0 Å². The predicted molar refractivity (Wildman–Crippen MR) is 121 cm³/mol. The van der Waals surface area contributed by atoms with Gasteiger partial charge in [-0.15, -0.1) is 0 Å². The van der Waals surface area contributed by atoms with Crippen molar-refractivity contribution in [1.29, 1.82) is 0 Å². The number of carbonyl (C=O) groups is 3. The maximum absolute atomic E-state index is 13.1. The molecule has 4 rings (SSSR count). The first kappa shape index (κ1) is 22.1. The third-order valence-corrected chi connectivity index (χ3v) is 5.41. The van der Waals surface area contributed by atoms with Crippen molar-refractivity contribution in [2.24, 2.45) is 0 Å². The van der Waals surface area contributed by atoms with Gasteiger partial charge in [-0.25, -0.2) is 14.8 Å². The minimum absolute atomic E-state index is 0.287. The van der Waals surface area contributed by atoms with Crippen molar-refractivity contribution in [2.45, 2.75) is 38.6 Å². The number of hydrogen-bond donors (Lipinski definition) is 2. The molecule has 0 bridgehead atoms. The fraction of sp³-hybridized carbons (Fsp3) is 0.304. The Morgan fingerprint density at radius 3 is 2.39 bits per heavy atom. The average Bonchev–Trinajstić information content (AvgIpc) is 3.30. The van der Waals surface area contributed by atoms with Crippen LogP contribution in [0.3, 0.4) is 0 Å². The summed E-state index contributed by atoms with van der Waals surface area (Å²) in [6.45, 7) is 7.16. The van der Waals surface area contributed by atoms with Gasteiger partial charge >= 0.3 is 6.03 Å². The summed E-state index contributed by atoms with van der Waals surface area (Å²) in [4.78, 5) is 47.8. The summed E-state index contributed by atoms with van der Waals surface area (Å²) in [5.41, 5.74) is -0.170. The van der Waals surface area contributed by atoms with E-state index in [1.165, 1.54) is 4.68 Å². The first-order valence-electron chi connectivity index (χ1n) is 10.5. The van der Waals surface area contributed by atoms with Crippen LogP contribution < -0.4 is 10.6 Å². The van der Waals surface area contributed by atoms with Crippen molar-refractivity contribution >= 4 is 23.7 Å². The van der Waals surface area contributed by atoms with Crippen LogP contribution in [0.2, 0.25) is 0 Å². The van der Waals surface area contributed by atoms with Gasteiger partial charge in [0.15, 0.2) is 0 Å². The molecule has 1 aromatic carbocycles. The molecule has 0 aliphatic carbocycles. The molecule has 3 heterocycles. The van der Waals surface area contributed by atoms with E-state index in [1.54, 1.807) is 55.7 Å². The SMILES string of the molecule is CC(C)(C)c1cc(NC(=O)CN2C(=O)NC(C)(c3ccccc3)C2=O)n(-c2ncccn2)n1. The molecule has 0 radical (unpaired) electrons. The van der Waals surface area contributed by atoms with E-state index < -0.39 is 29.9 Å². The monoisotopic (exact) mass is 447 g/mol. The van der Waals surface area contributed by atoms with Gasteiger partial charge in [0.1, 0.15) is 17.9 Å². The van der Waals surface area contributed by atoms with Crippen molar-refractivity contribution in [2.75, 3.05) is 11.9 Å². The summed E-state index contributed by atoms with van der Waals surface area (Å²) in [5.74, 6) is -0.415. The second kappa shape index (κ2) is 8.12. The number of hydrogen-bond acceptors (Lipinski definition) is 6. The zero-order valence-electron chi connectivity index (χ0n) is 18.9. The summed E-state index contributed by atoms with van der Waals surface area (Å²) in [6, 6.07) is 11.7. The van der Waals surface area contributed by atoms with E-state index in [9.17, 15) is 14.4 Å². The maximum atomic E-state index is 13.1. The van der Waals surface area contributed by atoms with Crippen molar-refractivity contribution in [3.05, 3.63) is 66.1 Å². The smallest absolute Gasteiger partial charge is 0.319 e. The van der Waals surface area contributed by atoms with Crippen LogP contribution in [0.4, 0.5) is 10.6 Å². The number of anilines is 1. The van der Waals surface area contributed by atoms with Crippen LogP contribution in [0.25, 0.3) is 5.95 Å². The van der Waals surface area contributed by atoms with Crippen molar-refractivity contribution in [3.63, 3.8) is 0 Å². The summed E-state index contributed by atoms with van der Waals surface area (Å²) in [6.07, 6.45) is 3.15. The number of rotatable bonds is 5. The van der Waals surface area contributed by atoms with Gasteiger partial charge in [-0.05, 0) is 18.6 Å². The molecule has 1 fully saturated rings. The minimum atomic E-state index is -1.24.